The number of hydrogen-bond acceptors (Lipinski definition) is 4. The molecule has 0 saturated carbocycles. The van der Waals surface area contributed by atoms with Crippen LogP contribution in [0.25, 0.3) is 0 Å². The van der Waals surface area contributed by atoms with E-state index in [1.807, 2.05) is 36.2 Å². The van der Waals surface area contributed by atoms with Crippen LogP contribution in [0.3, 0.4) is 0 Å². The first kappa shape index (κ1) is 20.1. The number of carbonyl (C=O) groups is 1. The number of carbonyl (C=O) groups excluding carboxylic acids is 1. The molecule has 3 aliphatic rings. The number of benzene rings is 1. The normalized spacial score (nSPS) is 27.4. The van der Waals surface area contributed by atoms with Gasteiger partial charge in [0.2, 0.25) is 0 Å². The van der Waals surface area contributed by atoms with Crippen LogP contribution in [-0.4, -0.2) is 78.2 Å². The Balaban J connectivity index is 0.00000210. The number of nitrogens with zero attached hydrogens (tertiary/aromatic N) is 3. The SMILES string of the molecule is CN1C(=O)N([C@H]2CCCN(C[C@H]3COc4ccccc4O3)C2)CC1(C)C.Cl. The minimum absolute atomic E-state index is 0. The van der Waals surface area contributed by atoms with Crippen molar-refractivity contribution >= 4 is 18.4 Å². The zero-order valence-electron chi connectivity index (χ0n) is 16.4. The molecule has 1 aromatic rings. The van der Waals surface area contributed by atoms with Gasteiger partial charge in [-0.15, -0.1) is 12.4 Å². The van der Waals surface area contributed by atoms with Crippen LogP contribution in [0.5, 0.6) is 11.5 Å². The highest BCUT2D eigenvalue weighted by molar-refractivity contribution is 5.85. The van der Waals surface area contributed by atoms with Crippen molar-refractivity contribution in [3.05, 3.63) is 24.3 Å². The van der Waals surface area contributed by atoms with E-state index in [4.69, 9.17) is 9.47 Å². The van der Waals surface area contributed by atoms with E-state index in [0.29, 0.717) is 6.61 Å². The molecule has 27 heavy (non-hydrogen) atoms. The molecule has 0 unspecified atom stereocenters. The van der Waals surface area contributed by atoms with Crippen molar-refractivity contribution in [1.29, 1.82) is 0 Å². The third-order valence-corrected chi connectivity index (χ3v) is 5.95. The van der Waals surface area contributed by atoms with Crippen molar-refractivity contribution < 1.29 is 14.3 Å². The Kier molecular flexibility index (Phi) is 5.77. The topological polar surface area (TPSA) is 45.3 Å². The van der Waals surface area contributed by atoms with Gasteiger partial charge in [-0.1, -0.05) is 12.1 Å². The summed E-state index contributed by atoms with van der Waals surface area (Å²) < 4.78 is 12.0. The molecule has 2 amide bonds. The van der Waals surface area contributed by atoms with Crippen molar-refractivity contribution in [1.82, 2.24) is 14.7 Å². The highest BCUT2D eigenvalue weighted by Gasteiger charge is 2.44. The number of urea groups is 1. The van der Waals surface area contributed by atoms with Crippen molar-refractivity contribution in [2.24, 2.45) is 0 Å². The van der Waals surface area contributed by atoms with Gasteiger partial charge in [-0.25, -0.2) is 4.79 Å². The van der Waals surface area contributed by atoms with Crippen molar-refractivity contribution in [2.45, 2.75) is 44.4 Å². The van der Waals surface area contributed by atoms with Crippen molar-refractivity contribution in [3.63, 3.8) is 0 Å². The summed E-state index contributed by atoms with van der Waals surface area (Å²) in [4.78, 5) is 19.0. The Morgan fingerprint density at radius 2 is 1.96 bits per heavy atom. The number of piperidine rings is 1. The zero-order valence-corrected chi connectivity index (χ0v) is 17.2. The molecular weight excluding hydrogens is 366 g/mol. The predicted molar refractivity (Wildman–Crippen MR) is 107 cm³/mol. The number of halogens is 1. The van der Waals surface area contributed by atoms with E-state index in [2.05, 4.69) is 23.6 Å². The molecule has 0 aromatic heterocycles. The summed E-state index contributed by atoms with van der Waals surface area (Å²) in [5.41, 5.74) is -0.0939. The van der Waals surface area contributed by atoms with Gasteiger partial charge in [-0.2, -0.15) is 0 Å². The standard InChI is InChI=1S/C20H29N3O3.ClH/c1-20(2)14-23(19(24)21(20)3)15-7-6-10-22(11-15)12-16-13-25-17-8-4-5-9-18(17)26-16;/h4-5,8-9,15-16H,6-7,10-14H2,1-3H3;1H/t15-,16-;/m0./s1. The van der Waals surface area contributed by atoms with Crippen LogP contribution in [0.1, 0.15) is 26.7 Å². The van der Waals surface area contributed by atoms with Gasteiger partial charge < -0.3 is 19.3 Å². The minimum Gasteiger partial charge on any atom is -0.486 e. The van der Waals surface area contributed by atoms with Crippen LogP contribution < -0.4 is 9.47 Å². The molecule has 150 valence electrons. The minimum atomic E-state index is -0.0939. The van der Waals surface area contributed by atoms with Gasteiger partial charge in [0, 0.05) is 32.7 Å². The summed E-state index contributed by atoms with van der Waals surface area (Å²) in [5, 5.41) is 0. The smallest absolute Gasteiger partial charge is 0.320 e. The number of para-hydroxylation sites is 2. The first-order valence-corrected chi connectivity index (χ1v) is 9.59. The number of ether oxygens (including phenoxy) is 2. The van der Waals surface area contributed by atoms with Crippen LogP contribution in [0.15, 0.2) is 24.3 Å². The summed E-state index contributed by atoms with van der Waals surface area (Å²) in [7, 11) is 1.91. The summed E-state index contributed by atoms with van der Waals surface area (Å²) in [6.45, 7) is 8.46. The van der Waals surface area contributed by atoms with Gasteiger partial charge in [0.05, 0.1) is 5.54 Å². The molecule has 3 aliphatic heterocycles. The number of likely N-dealkylation sites (tertiary alicyclic amines) is 1. The average Bonchev–Trinajstić information content (AvgIpc) is 2.85. The molecule has 0 bridgehead atoms. The van der Waals surface area contributed by atoms with Crippen LogP contribution in [0.2, 0.25) is 0 Å². The first-order valence-electron chi connectivity index (χ1n) is 9.59. The molecule has 4 rings (SSSR count). The Labute approximate surface area is 167 Å². The van der Waals surface area contributed by atoms with Crippen LogP contribution in [-0.2, 0) is 0 Å². The third-order valence-electron chi connectivity index (χ3n) is 5.95. The fourth-order valence-electron chi connectivity index (χ4n) is 4.22. The second-order valence-corrected chi connectivity index (χ2v) is 8.34. The molecule has 3 heterocycles. The van der Waals surface area contributed by atoms with E-state index in [-0.39, 0.29) is 36.1 Å². The second-order valence-electron chi connectivity index (χ2n) is 8.34. The summed E-state index contributed by atoms with van der Waals surface area (Å²) >= 11 is 0. The quantitative estimate of drug-likeness (QED) is 0.789. The largest absolute Gasteiger partial charge is 0.486 e. The lowest BCUT2D eigenvalue weighted by Gasteiger charge is -2.39. The van der Waals surface area contributed by atoms with Gasteiger partial charge in [0.25, 0.3) is 0 Å². The van der Waals surface area contributed by atoms with E-state index in [1.54, 1.807) is 0 Å². The van der Waals surface area contributed by atoms with Crippen LogP contribution >= 0.6 is 12.4 Å². The lowest BCUT2D eigenvalue weighted by molar-refractivity contribution is 0.0397. The van der Waals surface area contributed by atoms with E-state index >= 15 is 0 Å². The maximum absolute atomic E-state index is 12.6. The predicted octanol–water partition coefficient (Wildman–Crippen LogP) is 2.86. The molecule has 1 aromatic carbocycles. The number of likely N-dealkylation sites (N-methyl/N-ethyl adjacent to an activating group) is 1. The molecule has 0 spiro atoms. The van der Waals surface area contributed by atoms with Crippen molar-refractivity contribution in [3.8, 4) is 11.5 Å². The Morgan fingerprint density at radius 3 is 2.67 bits per heavy atom. The summed E-state index contributed by atoms with van der Waals surface area (Å²) in [6.07, 6.45) is 2.23. The monoisotopic (exact) mass is 395 g/mol. The lowest BCUT2D eigenvalue weighted by atomic mass is 10.0. The Bertz CT molecular complexity index is 684. The van der Waals surface area contributed by atoms with E-state index in [1.165, 1.54) is 0 Å². The Morgan fingerprint density at radius 1 is 1.22 bits per heavy atom. The molecule has 2 atom stereocenters. The molecule has 0 radical (unpaired) electrons. The molecule has 0 N–H and O–H groups in total. The van der Waals surface area contributed by atoms with E-state index in [0.717, 1.165) is 50.5 Å². The molecule has 7 heteroatoms. The second kappa shape index (κ2) is 7.76. The molecule has 2 saturated heterocycles. The zero-order chi connectivity index (χ0) is 18.3. The molecule has 6 nitrogen and oxygen atoms in total. The third kappa shape index (κ3) is 3.97. The first-order chi connectivity index (χ1) is 12.4. The highest BCUT2D eigenvalue weighted by atomic mass is 35.5. The lowest BCUT2D eigenvalue weighted by Crippen LogP contribution is -2.52. The van der Waals surface area contributed by atoms with Crippen LogP contribution in [0.4, 0.5) is 4.79 Å². The number of fused-ring (bicyclic) bond motifs is 1. The average molecular weight is 396 g/mol. The molecular formula is C20H30ClN3O3. The van der Waals surface area contributed by atoms with Crippen LogP contribution in [0, 0.1) is 0 Å². The fourth-order valence-corrected chi connectivity index (χ4v) is 4.22. The van der Waals surface area contributed by atoms with Crippen molar-refractivity contribution in [2.75, 3.05) is 39.8 Å². The number of amides is 2. The molecule has 2 fully saturated rings. The number of rotatable bonds is 3. The highest BCUT2D eigenvalue weighted by Crippen LogP contribution is 2.32. The van der Waals surface area contributed by atoms with Gasteiger partial charge in [-0.3, -0.25) is 4.90 Å². The van der Waals surface area contributed by atoms with Gasteiger partial charge >= 0.3 is 6.03 Å². The summed E-state index contributed by atoms with van der Waals surface area (Å²) in [5.74, 6) is 1.66. The molecule has 0 aliphatic carbocycles. The number of hydrogen-bond donors (Lipinski definition) is 0. The van der Waals surface area contributed by atoms with Gasteiger partial charge in [0.1, 0.15) is 12.7 Å². The Hall–Kier alpha value is -1.66. The van der Waals surface area contributed by atoms with E-state index in [9.17, 15) is 4.79 Å². The van der Waals surface area contributed by atoms with Gasteiger partial charge in [-0.05, 0) is 45.4 Å². The fraction of sp³-hybridized carbons (Fsp3) is 0.650. The maximum atomic E-state index is 12.6. The van der Waals surface area contributed by atoms with E-state index < -0.39 is 0 Å². The summed E-state index contributed by atoms with van der Waals surface area (Å²) in [6, 6.07) is 8.29. The van der Waals surface area contributed by atoms with Gasteiger partial charge in [0.15, 0.2) is 11.5 Å². The maximum Gasteiger partial charge on any atom is 0.320 e.